The second-order valence-electron chi connectivity index (χ2n) is 17.8. The van der Waals surface area contributed by atoms with Gasteiger partial charge in [0.1, 0.15) is 0 Å². The monoisotopic (exact) mass is 797 g/mol. The van der Waals surface area contributed by atoms with Crippen molar-refractivity contribution in [2.75, 3.05) is 4.90 Å². The molecule has 0 spiro atoms. The number of rotatable bonds is 8. The van der Waals surface area contributed by atoms with Gasteiger partial charge in [0.05, 0.1) is 17.1 Å². The van der Waals surface area contributed by atoms with Crippen molar-refractivity contribution in [2.24, 2.45) is 0 Å². The molecule has 0 atom stereocenters. The molecule has 0 unspecified atom stereocenters. The summed E-state index contributed by atoms with van der Waals surface area (Å²) in [5.41, 5.74) is 20.0. The number of hydrogen-bond acceptors (Lipinski definition) is 1. The molecule has 9 aromatic rings. The van der Waals surface area contributed by atoms with Crippen molar-refractivity contribution in [3.8, 4) is 55.6 Å². The first-order chi connectivity index (χ1) is 30.5. The van der Waals surface area contributed by atoms with E-state index in [0.717, 1.165) is 17.1 Å². The van der Waals surface area contributed by atoms with Crippen LogP contribution in [0.2, 0.25) is 0 Å². The Hall–Kier alpha value is -6.96. The predicted octanol–water partition coefficient (Wildman–Crippen LogP) is 17.3. The number of hydrogen-bond donors (Lipinski definition) is 0. The third kappa shape index (κ3) is 6.55. The quantitative estimate of drug-likeness (QED) is 0.148. The summed E-state index contributed by atoms with van der Waals surface area (Å²) < 4.78 is 0. The summed E-state index contributed by atoms with van der Waals surface area (Å²) in [6, 6.07) is 77.0. The van der Waals surface area contributed by atoms with Crippen molar-refractivity contribution in [1.29, 1.82) is 0 Å². The van der Waals surface area contributed by atoms with Gasteiger partial charge in [-0.05, 0) is 109 Å². The largest absolute Gasteiger partial charge is 0.309 e. The van der Waals surface area contributed by atoms with Gasteiger partial charge >= 0.3 is 0 Å². The third-order valence-electron chi connectivity index (χ3n) is 13.9. The van der Waals surface area contributed by atoms with E-state index in [1.54, 1.807) is 0 Å². The maximum atomic E-state index is 2.56. The highest BCUT2D eigenvalue weighted by molar-refractivity contribution is 6.05. The number of anilines is 3. The molecule has 2 aliphatic carbocycles. The number of para-hydroxylation sites is 3. The highest BCUT2D eigenvalue weighted by Gasteiger charge is 2.35. The summed E-state index contributed by atoms with van der Waals surface area (Å²) in [7, 11) is 0. The zero-order valence-corrected chi connectivity index (χ0v) is 35.7. The molecule has 0 heterocycles. The molecular formula is C61H51N. The Bertz CT molecular complexity index is 3070. The lowest BCUT2D eigenvalue weighted by atomic mass is 9.80. The number of nitrogens with zero attached hydrogens (tertiary/aromatic N) is 1. The maximum absolute atomic E-state index is 2.56. The molecule has 0 amide bonds. The van der Waals surface area contributed by atoms with Gasteiger partial charge in [0, 0.05) is 22.1 Å². The fourth-order valence-electron chi connectivity index (χ4n) is 10.8. The minimum Gasteiger partial charge on any atom is -0.309 e. The Labute approximate surface area is 367 Å². The highest BCUT2D eigenvalue weighted by atomic mass is 15.1. The standard InChI is InChI=1S/C61H51N/c1-61(2)55-31-13-9-27-51(55)52-40-39-47(41-56(52)61)49-26-11-15-33-58(49)62(57-32-14-10-25-48(57)45-37-35-43(36-38-45)42-19-5-3-6-20-42)59-34-16-12-28-53(59)54-30-18-24-46-23-17-29-50(60(46)54)44-21-7-4-8-22-44/h3,5-6,9-20,23-41,44H,4,7-8,21-22H2,1-2H3. The topological polar surface area (TPSA) is 3.24 Å². The Balaban J connectivity index is 1.14. The normalized spacial score (nSPS) is 14.4. The Morgan fingerprint density at radius 1 is 0.371 bits per heavy atom. The molecule has 0 bridgehead atoms. The molecule has 0 aromatic heterocycles. The second kappa shape index (κ2) is 15.8. The summed E-state index contributed by atoms with van der Waals surface area (Å²) in [5, 5.41) is 2.71. The summed E-state index contributed by atoms with van der Waals surface area (Å²) in [4.78, 5) is 2.56. The van der Waals surface area contributed by atoms with Crippen molar-refractivity contribution in [3.63, 3.8) is 0 Å². The lowest BCUT2D eigenvalue weighted by Gasteiger charge is -2.32. The first-order valence-corrected chi connectivity index (χ1v) is 22.5. The van der Waals surface area contributed by atoms with E-state index in [-0.39, 0.29) is 5.41 Å². The molecule has 300 valence electrons. The molecule has 11 rings (SSSR count). The van der Waals surface area contributed by atoms with Crippen LogP contribution in [0.15, 0.2) is 206 Å². The first-order valence-electron chi connectivity index (χ1n) is 22.5. The van der Waals surface area contributed by atoms with Crippen LogP contribution in [0.4, 0.5) is 17.1 Å². The van der Waals surface area contributed by atoms with Gasteiger partial charge in [0.15, 0.2) is 0 Å². The van der Waals surface area contributed by atoms with Crippen LogP contribution < -0.4 is 4.90 Å². The number of fused-ring (bicyclic) bond motifs is 4. The Morgan fingerprint density at radius 3 is 1.58 bits per heavy atom. The van der Waals surface area contributed by atoms with Gasteiger partial charge < -0.3 is 4.90 Å². The molecular weight excluding hydrogens is 747 g/mol. The zero-order chi connectivity index (χ0) is 41.6. The fraction of sp³-hybridized carbons (Fsp3) is 0.148. The lowest BCUT2D eigenvalue weighted by Crippen LogP contribution is -2.15. The second-order valence-corrected chi connectivity index (χ2v) is 17.8. The average molecular weight is 798 g/mol. The summed E-state index contributed by atoms with van der Waals surface area (Å²) in [6.07, 6.45) is 6.47. The summed E-state index contributed by atoms with van der Waals surface area (Å²) >= 11 is 0. The van der Waals surface area contributed by atoms with Crippen LogP contribution in [-0.2, 0) is 5.41 Å². The molecule has 9 aromatic carbocycles. The van der Waals surface area contributed by atoms with Crippen molar-refractivity contribution < 1.29 is 0 Å². The van der Waals surface area contributed by atoms with E-state index in [0.29, 0.717) is 5.92 Å². The minimum absolute atomic E-state index is 0.105. The Kier molecular flexibility index (Phi) is 9.69. The van der Waals surface area contributed by atoms with E-state index in [1.165, 1.54) is 115 Å². The van der Waals surface area contributed by atoms with Gasteiger partial charge in [-0.2, -0.15) is 0 Å². The van der Waals surface area contributed by atoms with Crippen molar-refractivity contribution in [3.05, 3.63) is 223 Å². The molecule has 1 saturated carbocycles. The molecule has 0 radical (unpaired) electrons. The van der Waals surface area contributed by atoms with E-state index < -0.39 is 0 Å². The van der Waals surface area contributed by atoms with Crippen molar-refractivity contribution >= 4 is 27.8 Å². The van der Waals surface area contributed by atoms with Gasteiger partial charge in [-0.25, -0.2) is 0 Å². The van der Waals surface area contributed by atoms with Crippen LogP contribution >= 0.6 is 0 Å². The van der Waals surface area contributed by atoms with Gasteiger partial charge in [-0.15, -0.1) is 0 Å². The van der Waals surface area contributed by atoms with Crippen LogP contribution in [-0.4, -0.2) is 0 Å². The van der Waals surface area contributed by atoms with Crippen molar-refractivity contribution in [1.82, 2.24) is 0 Å². The molecule has 0 N–H and O–H groups in total. The van der Waals surface area contributed by atoms with Crippen molar-refractivity contribution in [2.45, 2.75) is 57.3 Å². The Morgan fingerprint density at radius 2 is 0.871 bits per heavy atom. The third-order valence-corrected chi connectivity index (χ3v) is 13.9. The SMILES string of the molecule is CC1(C)c2ccccc2-c2ccc(-c3ccccc3N(c3ccccc3-c3ccc(-c4ccccc4)cc3)c3ccccc3-c3cccc4cccc(C5CCCCC5)c34)cc21. The van der Waals surface area contributed by atoms with Crippen LogP contribution in [0, 0.1) is 0 Å². The summed E-state index contributed by atoms with van der Waals surface area (Å²) in [5.74, 6) is 0.576. The summed E-state index contributed by atoms with van der Waals surface area (Å²) in [6.45, 7) is 4.75. The van der Waals surface area contributed by atoms with Gasteiger partial charge in [-0.1, -0.05) is 215 Å². The lowest BCUT2D eigenvalue weighted by molar-refractivity contribution is 0.445. The molecule has 1 nitrogen and oxygen atoms in total. The molecule has 1 heteroatoms. The van der Waals surface area contributed by atoms with Gasteiger partial charge in [0.25, 0.3) is 0 Å². The van der Waals surface area contributed by atoms with E-state index in [4.69, 9.17) is 0 Å². The van der Waals surface area contributed by atoms with Crippen LogP contribution in [0.1, 0.15) is 68.6 Å². The average Bonchev–Trinajstić information content (AvgIpc) is 3.57. The van der Waals surface area contributed by atoms with Gasteiger partial charge in [0.2, 0.25) is 0 Å². The van der Waals surface area contributed by atoms with Crippen LogP contribution in [0.5, 0.6) is 0 Å². The smallest absolute Gasteiger partial charge is 0.0540 e. The fourth-order valence-corrected chi connectivity index (χ4v) is 10.8. The molecule has 0 aliphatic heterocycles. The van der Waals surface area contributed by atoms with E-state index in [2.05, 4.69) is 225 Å². The van der Waals surface area contributed by atoms with E-state index >= 15 is 0 Å². The van der Waals surface area contributed by atoms with Crippen LogP contribution in [0.25, 0.3) is 66.4 Å². The molecule has 2 aliphatic rings. The number of benzene rings is 9. The van der Waals surface area contributed by atoms with Crippen LogP contribution in [0.3, 0.4) is 0 Å². The highest BCUT2D eigenvalue weighted by Crippen LogP contribution is 2.53. The zero-order valence-electron chi connectivity index (χ0n) is 35.7. The van der Waals surface area contributed by atoms with E-state index in [9.17, 15) is 0 Å². The molecule has 62 heavy (non-hydrogen) atoms. The first kappa shape index (κ1) is 38.0. The molecule has 0 saturated heterocycles. The molecule has 1 fully saturated rings. The van der Waals surface area contributed by atoms with E-state index in [1.807, 2.05) is 0 Å². The minimum atomic E-state index is -0.105. The maximum Gasteiger partial charge on any atom is 0.0540 e. The van der Waals surface area contributed by atoms with Gasteiger partial charge in [-0.3, -0.25) is 0 Å². The predicted molar refractivity (Wildman–Crippen MR) is 264 cm³/mol.